The van der Waals surface area contributed by atoms with Crippen molar-refractivity contribution in [1.82, 2.24) is 0 Å². The zero-order valence-corrected chi connectivity index (χ0v) is 13.5. The van der Waals surface area contributed by atoms with Gasteiger partial charge < -0.3 is 19.5 Å². The molecule has 0 atom stereocenters. The van der Waals surface area contributed by atoms with Crippen LogP contribution < -0.4 is 14.8 Å². The summed E-state index contributed by atoms with van der Waals surface area (Å²) in [6, 6.07) is 15.3. The highest BCUT2D eigenvalue weighted by molar-refractivity contribution is 5.93. The summed E-state index contributed by atoms with van der Waals surface area (Å²) in [5.74, 6) is -0.324. The summed E-state index contributed by atoms with van der Waals surface area (Å²) in [4.78, 5) is 23.4. The fraction of sp³-hybridized carbons (Fsp3) is 0.167. The molecule has 25 heavy (non-hydrogen) atoms. The number of hydrogen-bond donors (Lipinski definition) is 1. The quantitative estimate of drug-likeness (QED) is 0.776. The molecular formula is C18H16N2O5. The molecule has 0 radical (unpaired) electrons. The number of carbonyl (C=O) groups is 2. The van der Waals surface area contributed by atoms with Gasteiger partial charge in [0.2, 0.25) is 0 Å². The number of methoxy groups -OCH3 is 1. The zero-order chi connectivity index (χ0) is 18.1. The Bertz CT molecular complexity index is 798. The fourth-order valence-corrected chi connectivity index (χ4v) is 1.91. The van der Waals surface area contributed by atoms with Crippen LogP contribution in [0.15, 0.2) is 48.5 Å². The van der Waals surface area contributed by atoms with Crippen molar-refractivity contribution in [2.24, 2.45) is 0 Å². The van der Waals surface area contributed by atoms with Crippen molar-refractivity contribution in [2.45, 2.75) is 0 Å². The first kappa shape index (κ1) is 17.8. The van der Waals surface area contributed by atoms with E-state index in [0.717, 1.165) is 0 Å². The van der Waals surface area contributed by atoms with E-state index < -0.39 is 25.1 Å². The van der Waals surface area contributed by atoms with Crippen molar-refractivity contribution < 1.29 is 23.8 Å². The van der Waals surface area contributed by atoms with Gasteiger partial charge in [-0.25, -0.2) is 4.79 Å². The molecule has 0 aromatic heterocycles. The van der Waals surface area contributed by atoms with Crippen molar-refractivity contribution in [2.75, 3.05) is 25.6 Å². The van der Waals surface area contributed by atoms with Crippen LogP contribution in [-0.2, 0) is 14.3 Å². The van der Waals surface area contributed by atoms with Gasteiger partial charge in [-0.2, -0.15) is 5.26 Å². The van der Waals surface area contributed by atoms with Crippen molar-refractivity contribution in [3.05, 3.63) is 54.1 Å². The summed E-state index contributed by atoms with van der Waals surface area (Å²) in [6.45, 7) is -0.843. The number of anilines is 1. The third-order valence-electron chi connectivity index (χ3n) is 3.07. The average molecular weight is 340 g/mol. The number of nitriles is 1. The number of nitrogens with zero attached hydrogens (tertiary/aromatic N) is 1. The molecule has 0 spiro atoms. The molecule has 0 saturated heterocycles. The Morgan fingerprint density at radius 1 is 1.12 bits per heavy atom. The van der Waals surface area contributed by atoms with E-state index in [0.29, 0.717) is 17.0 Å². The van der Waals surface area contributed by atoms with Gasteiger partial charge in [-0.15, -0.1) is 0 Å². The molecule has 0 bridgehead atoms. The first-order valence-corrected chi connectivity index (χ1v) is 7.34. The average Bonchev–Trinajstić information content (AvgIpc) is 2.65. The van der Waals surface area contributed by atoms with E-state index in [9.17, 15) is 9.59 Å². The molecule has 7 heteroatoms. The van der Waals surface area contributed by atoms with Crippen LogP contribution in [0.2, 0.25) is 0 Å². The normalized spacial score (nSPS) is 9.60. The van der Waals surface area contributed by atoms with E-state index in [4.69, 9.17) is 19.5 Å². The lowest BCUT2D eigenvalue weighted by molar-refractivity contribution is -0.149. The predicted octanol–water partition coefficient (Wildman–Crippen LogP) is 2.13. The molecule has 2 aromatic carbocycles. The van der Waals surface area contributed by atoms with Gasteiger partial charge in [0.1, 0.15) is 17.6 Å². The number of para-hydroxylation sites is 1. The van der Waals surface area contributed by atoms with Gasteiger partial charge >= 0.3 is 5.97 Å². The van der Waals surface area contributed by atoms with E-state index in [1.807, 2.05) is 6.07 Å². The molecule has 0 unspecified atom stereocenters. The number of ether oxygens (including phenoxy) is 3. The van der Waals surface area contributed by atoms with E-state index in [1.54, 1.807) is 48.5 Å². The van der Waals surface area contributed by atoms with E-state index in [1.165, 1.54) is 7.11 Å². The number of amides is 1. The molecule has 7 nitrogen and oxygen atoms in total. The van der Waals surface area contributed by atoms with Crippen molar-refractivity contribution in [3.8, 4) is 17.6 Å². The summed E-state index contributed by atoms with van der Waals surface area (Å²) < 4.78 is 15.1. The Labute approximate surface area is 144 Å². The highest BCUT2D eigenvalue weighted by atomic mass is 16.6. The minimum Gasteiger partial charge on any atom is -0.497 e. The van der Waals surface area contributed by atoms with Crippen LogP contribution in [0.1, 0.15) is 5.56 Å². The Morgan fingerprint density at radius 3 is 2.68 bits per heavy atom. The third kappa shape index (κ3) is 5.55. The van der Waals surface area contributed by atoms with Crippen LogP contribution in [0.3, 0.4) is 0 Å². The molecule has 0 heterocycles. The standard InChI is InChI=1S/C18H16N2O5/c1-23-15-7-4-6-14(9-15)20-17(21)11-25-18(22)12-24-16-8-3-2-5-13(16)10-19/h2-9H,11-12H2,1H3,(H,20,21). The SMILES string of the molecule is COc1cccc(NC(=O)COC(=O)COc2ccccc2C#N)c1. The monoisotopic (exact) mass is 340 g/mol. The number of nitrogens with one attached hydrogen (secondary N) is 1. The molecule has 0 saturated carbocycles. The van der Waals surface area contributed by atoms with Crippen LogP contribution in [0.5, 0.6) is 11.5 Å². The molecule has 1 amide bonds. The maximum absolute atomic E-state index is 11.8. The second kappa shape index (κ2) is 8.93. The number of benzene rings is 2. The number of hydrogen-bond acceptors (Lipinski definition) is 6. The molecule has 0 aliphatic heterocycles. The van der Waals surface area contributed by atoms with E-state index >= 15 is 0 Å². The van der Waals surface area contributed by atoms with E-state index in [2.05, 4.69) is 5.32 Å². The molecule has 0 fully saturated rings. The first-order valence-electron chi connectivity index (χ1n) is 7.34. The second-order valence-electron chi connectivity index (χ2n) is 4.84. The van der Waals surface area contributed by atoms with Crippen LogP contribution in [0, 0.1) is 11.3 Å². The zero-order valence-electron chi connectivity index (χ0n) is 13.5. The Kier molecular flexibility index (Phi) is 6.37. The van der Waals surface area contributed by atoms with Crippen molar-refractivity contribution in [1.29, 1.82) is 5.26 Å². The second-order valence-corrected chi connectivity index (χ2v) is 4.84. The van der Waals surface area contributed by atoms with Gasteiger partial charge in [-0.3, -0.25) is 4.79 Å². The van der Waals surface area contributed by atoms with Gasteiger partial charge in [-0.05, 0) is 24.3 Å². The summed E-state index contributed by atoms with van der Waals surface area (Å²) in [5.41, 5.74) is 0.839. The van der Waals surface area contributed by atoms with Crippen LogP contribution in [0.25, 0.3) is 0 Å². The maximum atomic E-state index is 11.8. The van der Waals surface area contributed by atoms with Gasteiger partial charge in [0.05, 0.1) is 12.7 Å². The topological polar surface area (TPSA) is 97.7 Å². The van der Waals surface area contributed by atoms with Gasteiger partial charge in [0, 0.05) is 11.8 Å². The molecular weight excluding hydrogens is 324 g/mol. The Morgan fingerprint density at radius 2 is 1.92 bits per heavy atom. The number of esters is 1. The fourth-order valence-electron chi connectivity index (χ4n) is 1.91. The smallest absolute Gasteiger partial charge is 0.344 e. The van der Waals surface area contributed by atoms with Gasteiger partial charge in [0.25, 0.3) is 5.91 Å². The lowest BCUT2D eigenvalue weighted by Gasteiger charge is -2.09. The molecule has 128 valence electrons. The van der Waals surface area contributed by atoms with Crippen LogP contribution in [-0.4, -0.2) is 32.2 Å². The number of rotatable bonds is 7. The summed E-state index contributed by atoms with van der Waals surface area (Å²) >= 11 is 0. The molecule has 2 aromatic rings. The highest BCUT2D eigenvalue weighted by Gasteiger charge is 2.10. The molecule has 0 aliphatic rings. The number of carbonyl (C=O) groups excluding carboxylic acids is 2. The Balaban J connectivity index is 1.77. The summed E-state index contributed by atoms with van der Waals surface area (Å²) in [6.07, 6.45) is 0. The molecule has 0 aliphatic carbocycles. The minimum absolute atomic E-state index is 0.280. The minimum atomic E-state index is -0.714. The third-order valence-corrected chi connectivity index (χ3v) is 3.07. The maximum Gasteiger partial charge on any atom is 0.344 e. The van der Waals surface area contributed by atoms with Gasteiger partial charge in [0.15, 0.2) is 13.2 Å². The summed E-state index contributed by atoms with van der Waals surface area (Å²) in [7, 11) is 1.52. The first-order chi connectivity index (χ1) is 12.1. The van der Waals surface area contributed by atoms with Crippen molar-refractivity contribution in [3.63, 3.8) is 0 Å². The molecule has 2 rings (SSSR count). The van der Waals surface area contributed by atoms with Crippen LogP contribution in [0.4, 0.5) is 5.69 Å². The highest BCUT2D eigenvalue weighted by Crippen LogP contribution is 2.17. The predicted molar refractivity (Wildman–Crippen MR) is 89.2 cm³/mol. The molecule has 1 N–H and O–H groups in total. The Hall–Kier alpha value is -3.53. The summed E-state index contributed by atoms with van der Waals surface area (Å²) in [5, 5.41) is 11.5. The van der Waals surface area contributed by atoms with Crippen molar-refractivity contribution >= 4 is 17.6 Å². The van der Waals surface area contributed by atoms with E-state index in [-0.39, 0.29) is 5.75 Å². The largest absolute Gasteiger partial charge is 0.497 e. The lowest BCUT2D eigenvalue weighted by Crippen LogP contribution is -2.23. The van der Waals surface area contributed by atoms with Crippen LogP contribution >= 0.6 is 0 Å². The lowest BCUT2D eigenvalue weighted by atomic mass is 10.2. The van der Waals surface area contributed by atoms with Gasteiger partial charge in [-0.1, -0.05) is 18.2 Å².